The molecule has 1 aromatic heterocycles. The Bertz CT molecular complexity index is 849. The Morgan fingerprint density at radius 1 is 1.35 bits per heavy atom. The summed E-state index contributed by atoms with van der Waals surface area (Å²) in [4.78, 5) is 0.273. The van der Waals surface area contributed by atoms with Crippen molar-refractivity contribution < 1.29 is 13.2 Å². The minimum atomic E-state index is -3.58. The number of rotatable bonds is 7. The van der Waals surface area contributed by atoms with Crippen LogP contribution in [0.5, 0.6) is 0 Å². The molecular weight excluding hydrogens is 352 g/mol. The molecule has 1 aliphatic rings. The van der Waals surface area contributed by atoms with Crippen LogP contribution in [0.1, 0.15) is 32.7 Å². The number of aromatic nitrogens is 2. The maximum Gasteiger partial charge on any atom is 0.240 e. The zero-order valence-corrected chi connectivity index (χ0v) is 16.5. The second-order valence-corrected chi connectivity index (χ2v) is 9.18. The van der Waals surface area contributed by atoms with Crippen LogP contribution in [0.3, 0.4) is 0 Å². The van der Waals surface area contributed by atoms with Gasteiger partial charge in [0, 0.05) is 30.5 Å². The van der Waals surface area contributed by atoms with Gasteiger partial charge in [-0.25, -0.2) is 13.1 Å². The Hall–Kier alpha value is -1.48. The summed E-state index contributed by atoms with van der Waals surface area (Å²) in [6.07, 6.45) is 3.50. The van der Waals surface area contributed by atoms with Crippen LogP contribution in [-0.4, -0.2) is 51.5 Å². The van der Waals surface area contributed by atoms with Crippen LogP contribution in [0, 0.1) is 5.41 Å². The molecule has 2 heterocycles. The predicted molar refractivity (Wildman–Crippen MR) is 102 cm³/mol. The highest BCUT2D eigenvalue weighted by molar-refractivity contribution is 7.89. The number of ether oxygens (including phenoxy) is 1. The third kappa shape index (κ3) is 3.93. The predicted octanol–water partition coefficient (Wildman–Crippen LogP) is 1.91. The van der Waals surface area contributed by atoms with Crippen molar-refractivity contribution in [1.82, 2.24) is 19.8 Å². The number of sulfonamides is 1. The fourth-order valence-corrected chi connectivity index (χ4v) is 4.77. The van der Waals surface area contributed by atoms with Gasteiger partial charge in [0.25, 0.3) is 0 Å². The maximum absolute atomic E-state index is 12.8. The second kappa shape index (κ2) is 7.64. The molecule has 1 aromatic carbocycles. The van der Waals surface area contributed by atoms with Gasteiger partial charge in [-0.15, -0.1) is 0 Å². The van der Waals surface area contributed by atoms with E-state index in [9.17, 15) is 8.42 Å². The third-order valence-electron chi connectivity index (χ3n) is 5.12. The van der Waals surface area contributed by atoms with Gasteiger partial charge in [-0.05, 0) is 58.0 Å². The van der Waals surface area contributed by atoms with Crippen molar-refractivity contribution in [2.24, 2.45) is 5.41 Å². The Labute approximate surface area is 155 Å². The topological polar surface area (TPSA) is 85.2 Å². The quantitative estimate of drug-likeness (QED) is 0.766. The van der Waals surface area contributed by atoms with E-state index in [1.54, 1.807) is 25.4 Å². The molecule has 0 atom stereocenters. The van der Waals surface area contributed by atoms with Crippen LogP contribution >= 0.6 is 0 Å². The van der Waals surface area contributed by atoms with Crippen LogP contribution < -0.4 is 10.0 Å². The van der Waals surface area contributed by atoms with E-state index in [1.807, 2.05) is 24.6 Å². The van der Waals surface area contributed by atoms with Crippen LogP contribution in [0.4, 0.5) is 0 Å². The highest BCUT2D eigenvalue weighted by atomic mass is 32.2. The molecular formula is C18H28N4O3S. The minimum Gasteiger partial charge on any atom is -0.384 e. The SMILES string of the molecule is COCC1(CNS(=O)(=O)c2ccc3c(cnn3C(C)C)c2)CCNCC1. The lowest BCUT2D eigenvalue weighted by atomic mass is 9.80. The summed E-state index contributed by atoms with van der Waals surface area (Å²) < 4.78 is 35.7. The summed E-state index contributed by atoms with van der Waals surface area (Å²) in [6.45, 7) is 6.79. The molecule has 0 aliphatic carbocycles. The molecule has 2 aromatic rings. The van der Waals surface area contributed by atoms with E-state index in [4.69, 9.17) is 4.74 Å². The highest BCUT2D eigenvalue weighted by Gasteiger charge is 2.33. The van der Waals surface area contributed by atoms with E-state index in [0.717, 1.165) is 36.8 Å². The van der Waals surface area contributed by atoms with Crippen LogP contribution in [0.2, 0.25) is 0 Å². The van der Waals surface area contributed by atoms with Crippen molar-refractivity contribution in [3.05, 3.63) is 24.4 Å². The van der Waals surface area contributed by atoms with E-state index in [2.05, 4.69) is 15.1 Å². The zero-order chi connectivity index (χ0) is 18.8. The molecule has 1 saturated heterocycles. The van der Waals surface area contributed by atoms with Gasteiger partial charge >= 0.3 is 0 Å². The summed E-state index contributed by atoms with van der Waals surface area (Å²) in [5, 5.41) is 8.50. The van der Waals surface area contributed by atoms with Gasteiger partial charge in [-0.2, -0.15) is 5.10 Å². The lowest BCUT2D eigenvalue weighted by Gasteiger charge is -2.37. The molecule has 2 N–H and O–H groups in total. The molecule has 0 amide bonds. The number of nitrogens with one attached hydrogen (secondary N) is 2. The number of hydrogen-bond donors (Lipinski definition) is 2. The van der Waals surface area contributed by atoms with Gasteiger partial charge < -0.3 is 10.1 Å². The Kier molecular flexibility index (Phi) is 5.67. The Morgan fingerprint density at radius 3 is 2.73 bits per heavy atom. The van der Waals surface area contributed by atoms with Gasteiger partial charge in [0.15, 0.2) is 0 Å². The smallest absolute Gasteiger partial charge is 0.240 e. The van der Waals surface area contributed by atoms with E-state index in [1.165, 1.54) is 0 Å². The lowest BCUT2D eigenvalue weighted by molar-refractivity contribution is 0.0577. The van der Waals surface area contributed by atoms with Gasteiger partial charge in [0.2, 0.25) is 10.0 Å². The summed E-state index contributed by atoms with van der Waals surface area (Å²) in [5.41, 5.74) is 0.785. The average Bonchev–Trinajstić information content (AvgIpc) is 3.05. The molecule has 26 heavy (non-hydrogen) atoms. The van der Waals surface area contributed by atoms with Crippen molar-refractivity contribution >= 4 is 20.9 Å². The number of benzene rings is 1. The minimum absolute atomic E-state index is 0.153. The normalized spacial score (nSPS) is 17.8. The first-order chi connectivity index (χ1) is 12.4. The Morgan fingerprint density at radius 2 is 2.08 bits per heavy atom. The summed E-state index contributed by atoms with van der Waals surface area (Å²) >= 11 is 0. The van der Waals surface area contributed by atoms with Crippen LogP contribution in [0.15, 0.2) is 29.3 Å². The Balaban J connectivity index is 1.80. The summed E-state index contributed by atoms with van der Waals surface area (Å²) in [5.74, 6) is 0. The molecule has 7 nitrogen and oxygen atoms in total. The van der Waals surface area contributed by atoms with Crippen molar-refractivity contribution in [3.8, 4) is 0 Å². The maximum atomic E-state index is 12.8. The van der Waals surface area contributed by atoms with Crippen molar-refractivity contribution in [1.29, 1.82) is 0 Å². The molecule has 0 saturated carbocycles. The number of fused-ring (bicyclic) bond motifs is 1. The average molecular weight is 381 g/mol. The fourth-order valence-electron chi connectivity index (χ4n) is 3.58. The molecule has 144 valence electrons. The highest BCUT2D eigenvalue weighted by Crippen LogP contribution is 2.29. The molecule has 1 aliphatic heterocycles. The molecule has 8 heteroatoms. The standard InChI is InChI=1S/C18H28N4O3S/c1-14(2)22-17-5-4-16(10-15(17)11-20-22)26(23,24)21-12-18(13-25-3)6-8-19-9-7-18/h4-5,10-11,14,19,21H,6-9,12-13H2,1-3H3. The first-order valence-electron chi connectivity index (χ1n) is 9.03. The van der Waals surface area contributed by atoms with Gasteiger partial charge in [-0.3, -0.25) is 4.68 Å². The number of hydrogen-bond acceptors (Lipinski definition) is 5. The van der Waals surface area contributed by atoms with Crippen molar-refractivity contribution in [2.45, 2.75) is 37.6 Å². The van der Waals surface area contributed by atoms with Crippen molar-refractivity contribution in [3.63, 3.8) is 0 Å². The number of methoxy groups -OCH3 is 1. The fraction of sp³-hybridized carbons (Fsp3) is 0.611. The number of piperidine rings is 1. The lowest BCUT2D eigenvalue weighted by Crippen LogP contribution is -2.47. The van der Waals surface area contributed by atoms with Crippen molar-refractivity contribution in [2.75, 3.05) is 33.4 Å². The van der Waals surface area contributed by atoms with E-state index in [-0.39, 0.29) is 16.4 Å². The summed E-state index contributed by atoms with van der Waals surface area (Å²) in [7, 11) is -1.92. The number of nitrogens with zero attached hydrogens (tertiary/aromatic N) is 2. The largest absolute Gasteiger partial charge is 0.384 e. The first kappa shape index (κ1) is 19.3. The van der Waals surface area contributed by atoms with Gasteiger partial charge in [-0.1, -0.05) is 0 Å². The van der Waals surface area contributed by atoms with E-state index < -0.39 is 10.0 Å². The van der Waals surface area contributed by atoms with Crippen LogP contribution in [-0.2, 0) is 14.8 Å². The van der Waals surface area contributed by atoms with Crippen LogP contribution in [0.25, 0.3) is 10.9 Å². The molecule has 0 bridgehead atoms. The van der Waals surface area contributed by atoms with E-state index in [0.29, 0.717) is 13.2 Å². The molecule has 3 rings (SSSR count). The monoisotopic (exact) mass is 380 g/mol. The van der Waals surface area contributed by atoms with E-state index >= 15 is 0 Å². The van der Waals surface area contributed by atoms with Gasteiger partial charge in [0.1, 0.15) is 0 Å². The third-order valence-corrected chi connectivity index (χ3v) is 6.52. The molecule has 0 radical (unpaired) electrons. The van der Waals surface area contributed by atoms with Gasteiger partial charge in [0.05, 0.1) is 23.2 Å². The molecule has 0 spiro atoms. The zero-order valence-electron chi connectivity index (χ0n) is 15.7. The second-order valence-electron chi connectivity index (χ2n) is 7.41. The summed E-state index contributed by atoms with van der Waals surface area (Å²) in [6, 6.07) is 5.39. The molecule has 0 unspecified atom stereocenters. The first-order valence-corrected chi connectivity index (χ1v) is 10.5. The molecule has 1 fully saturated rings.